The molecular weight excluding hydrogens is 391 g/mol. The Morgan fingerprint density at radius 1 is 0.594 bits per heavy atom. The number of hydrogen-bond acceptors (Lipinski definition) is 0. The van der Waals surface area contributed by atoms with Gasteiger partial charge in [0.2, 0.25) is 0 Å². The third-order valence-corrected chi connectivity index (χ3v) is 5.95. The summed E-state index contributed by atoms with van der Waals surface area (Å²) in [5.74, 6) is 0.320. The van der Waals surface area contributed by atoms with Gasteiger partial charge in [0.15, 0.2) is 0 Å². The highest BCUT2D eigenvalue weighted by atomic mass is 19.1. The van der Waals surface area contributed by atoms with Crippen LogP contribution in [0.15, 0.2) is 103 Å². The lowest BCUT2D eigenvalue weighted by Gasteiger charge is -2.12. The first-order valence-electron chi connectivity index (χ1n) is 11.3. The van der Waals surface area contributed by atoms with Crippen molar-refractivity contribution >= 4 is 12.2 Å². The van der Waals surface area contributed by atoms with E-state index in [1.165, 1.54) is 34.4 Å². The first-order valence-corrected chi connectivity index (χ1v) is 11.3. The van der Waals surface area contributed by atoms with Gasteiger partial charge < -0.3 is 0 Å². The fraction of sp³-hybridized carbons (Fsp3) is 0.161. The Balaban J connectivity index is 1.28. The first-order chi connectivity index (χ1) is 15.7. The van der Waals surface area contributed by atoms with Gasteiger partial charge in [-0.3, -0.25) is 0 Å². The fourth-order valence-electron chi connectivity index (χ4n) is 3.95. The van der Waals surface area contributed by atoms with Crippen molar-refractivity contribution in [3.8, 4) is 0 Å². The van der Waals surface area contributed by atoms with Crippen LogP contribution in [0.5, 0.6) is 0 Å². The Morgan fingerprint density at radius 3 is 1.62 bits per heavy atom. The normalized spacial score (nSPS) is 12.2. The molecule has 0 amide bonds. The summed E-state index contributed by atoms with van der Waals surface area (Å²) in [6.07, 6.45) is 7.21. The predicted octanol–water partition coefficient (Wildman–Crippen LogP) is 8.13. The predicted molar refractivity (Wildman–Crippen MR) is 134 cm³/mol. The molecule has 0 aliphatic rings. The number of hydrogen-bond donors (Lipinski definition) is 0. The first kappa shape index (κ1) is 21.8. The van der Waals surface area contributed by atoms with Crippen LogP contribution >= 0.6 is 0 Å². The molecule has 1 heteroatoms. The molecule has 4 rings (SSSR count). The lowest BCUT2D eigenvalue weighted by Crippen LogP contribution is -1.99. The monoisotopic (exact) mass is 420 g/mol. The molecule has 0 bridgehead atoms. The maximum absolute atomic E-state index is 13.0. The second kappa shape index (κ2) is 10.7. The molecule has 160 valence electrons. The number of rotatable bonds is 8. The Kier molecular flexibility index (Phi) is 7.30. The molecule has 0 N–H and O–H groups in total. The van der Waals surface area contributed by atoms with E-state index in [0.29, 0.717) is 5.92 Å². The maximum atomic E-state index is 13.0. The highest BCUT2D eigenvalue weighted by Crippen LogP contribution is 2.21. The minimum Gasteiger partial charge on any atom is -0.207 e. The van der Waals surface area contributed by atoms with Crippen molar-refractivity contribution in [2.24, 2.45) is 0 Å². The molecule has 0 nitrogen and oxygen atoms in total. The zero-order chi connectivity index (χ0) is 22.2. The molecule has 0 heterocycles. The van der Waals surface area contributed by atoms with Gasteiger partial charge in [-0.1, -0.05) is 110 Å². The van der Waals surface area contributed by atoms with Crippen molar-refractivity contribution in [2.45, 2.75) is 32.1 Å². The van der Waals surface area contributed by atoms with Crippen LogP contribution in [0.2, 0.25) is 0 Å². The molecule has 32 heavy (non-hydrogen) atoms. The highest BCUT2D eigenvalue weighted by Gasteiger charge is 2.06. The molecule has 4 aromatic rings. The van der Waals surface area contributed by atoms with E-state index in [1.807, 2.05) is 6.08 Å². The smallest absolute Gasteiger partial charge is 0.123 e. The third kappa shape index (κ3) is 6.28. The van der Waals surface area contributed by atoms with Crippen LogP contribution in [0.1, 0.15) is 46.2 Å². The van der Waals surface area contributed by atoms with Gasteiger partial charge in [0.1, 0.15) is 5.82 Å². The summed E-state index contributed by atoms with van der Waals surface area (Å²) in [5, 5.41) is 0. The van der Waals surface area contributed by atoms with Crippen LogP contribution in [0, 0.1) is 5.82 Å². The van der Waals surface area contributed by atoms with Crippen LogP contribution in [0.4, 0.5) is 4.39 Å². The van der Waals surface area contributed by atoms with Crippen molar-refractivity contribution in [1.29, 1.82) is 0 Å². The van der Waals surface area contributed by atoms with Crippen LogP contribution in [-0.2, 0) is 19.3 Å². The van der Waals surface area contributed by atoms with E-state index in [9.17, 15) is 4.39 Å². The van der Waals surface area contributed by atoms with Gasteiger partial charge in [0.25, 0.3) is 0 Å². The quantitative estimate of drug-likeness (QED) is 0.252. The summed E-state index contributed by atoms with van der Waals surface area (Å²) in [5.41, 5.74) is 7.65. The zero-order valence-electron chi connectivity index (χ0n) is 18.5. The molecule has 1 atom stereocenters. The van der Waals surface area contributed by atoms with Crippen molar-refractivity contribution in [1.82, 2.24) is 0 Å². The summed E-state index contributed by atoms with van der Waals surface area (Å²) in [6, 6.07) is 35.0. The lowest BCUT2D eigenvalue weighted by atomic mass is 9.93. The standard InChI is InChI=1S/C31H29F/c1-24(30-5-3-2-4-6-30)23-29-17-15-27(16-18-29)12-11-25-7-9-26(10-8-25)13-14-28-19-21-31(32)22-20-28/h2-10,13-22,24H,11-12,23H2,1H3/t24-/m0/s1. The number of halogens is 1. The van der Waals surface area contributed by atoms with Gasteiger partial charge in [-0.05, 0) is 70.7 Å². The van der Waals surface area contributed by atoms with E-state index in [0.717, 1.165) is 30.4 Å². The molecular formula is C31H29F. The Bertz CT molecular complexity index is 1120. The Labute approximate surface area is 191 Å². The van der Waals surface area contributed by atoms with E-state index in [-0.39, 0.29) is 5.82 Å². The third-order valence-electron chi connectivity index (χ3n) is 5.95. The van der Waals surface area contributed by atoms with E-state index in [1.54, 1.807) is 12.1 Å². The molecule has 0 radical (unpaired) electrons. The second-order valence-corrected chi connectivity index (χ2v) is 8.46. The minimum absolute atomic E-state index is 0.206. The van der Waals surface area contributed by atoms with E-state index in [4.69, 9.17) is 0 Å². The molecule has 4 aromatic carbocycles. The molecule has 0 fully saturated rings. The second-order valence-electron chi connectivity index (χ2n) is 8.46. The highest BCUT2D eigenvalue weighted by molar-refractivity contribution is 5.69. The van der Waals surface area contributed by atoms with Crippen molar-refractivity contribution in [3.05, 3.63) is 142 Å². The summed E-state index contributed by atoms with van der Waals surface area (Å²) >= 11 is 0. The van der Waals surface area contributed by atoms with Gasteiger partial charge in [0, 0.05) is 0 Å². The average molecular weight is 421 g/mol. The summed E-state index contributed by atoms with van der Waals surface area (Å²) in [4.78, 5) is 0. The lowest BCUT2D eigenvalue weighted by molar-refractivity contribution is 0.628. The van der Waals surface area contributed by atoms with Gasteiger partial charge in [0.05, 0.1) is 0 Å². The van der Waals surface area contributed by atoms with Crippen LogP contribution in [0.3, 0.4) is 0 Å². The van der Waals surface area contributed by atoms with Gasteiger partial charge in [-0.15, -0.1) is 0 Å². The summed E-state index contributed by atoms with van der Waals surface area (Å²) in [6.45, 7) is 2.29. The minimum atomic E-state index is -0.206. The Hall–Kier alpha value is -3.45. The van der Waals surface area contributed by atoms with E-state index >= 15 is 0 Å². The van der Waals surface area contributed by atoms with Crippen molar-refractivity contribution < 1.29 is 4.39 Å². The number of aryl methyl sites for hydroxylation is 2. The van der Waals surface area contributed by atoms with E-state index in [2.05, 4.69) is 91.9 Å². The maximum Gasteiger partial charge on any atom is 0.123 e. The van der Waals surface area contributed by atoms with Crippen LogP contribution in [-0.4, -0.2) is 0 Å². The summed E-state index contributed by atoms with van der Waals surface area (Å²) < 4.78 is 13.0. The summed E-state index contributed by atoms with van der Waals surface area (Å²) in [7, 11) is 0. The SMILES string of the molecule is C[C@@H](Cc1ccc(CCc2ccc(C=Cc3ccc(F)cc3)cc2)cc1)c1ccccc1. The van der Waals surface area contributed by atoms with Gasteiger partial charge >= 0.3 is 0 Å². The molecule has 0 spiro atoms. The zero-order valence-corrected chi connectivity index (χ0v) is 18.5. The van der Waals surface area contributed by atoms with Gasteiger partial charge in [-0.25, -0.2) is 4.39 Å². The fourth-order valence-corrected chi connectivity index (χ4v) is 3.95. The largest absolute Gasteiger partial charge is 0.207 e. The number of benzene rings is 4. The van der Waals surface area contributed by atoms with Crippen molar-refractivity contribution in [2.75, 3.05) is 0 Å². The van der Waals surface area contributed by atoms with E-state index < -0.39 is 0 Å². The molecule has 0 aliphatic carbocycles. The van der Waals surface area contributed by atoms with Crippen LogP contribution in [0.25, 0.3) is 12.2 Å². The average Bonchev–Trinajstić information content (AvgIpc) is 2.84. The molecule has 0 unspecified atom stereocenters. The molecule has 0 aliphatic heterocycles. The molecule has 0 saturated carbocycles. The van der Waals surface area contributed by atoms with Crippen molar-refractivity contribution in [3.63, 3.8) is 0 Å². The van der Waals surface area contributed by atoms with Crippen LogP contribution < -0.4 is 0 Å². The van der Waals surface area contributed by atoms with Gasteiger partial charge in [-0.2, -0.15) is 0 Å². The Morgan fingerprint density at radius 2 is 1.06 bits per heavy atom. The molecule has 0 aromatic heterocycles. The molecule has 0 saturated heterocycles. The topological polar surface area (TPSA) is 0 Å².